The van der Waals surface area contributed by atoms with Crippen LogP contribution < -0.4 is 16.2 Å². The molecule has 0 spiro atoms. The third-order valence-corrected chi connectivity index (χ3v) is 4.17. The van der Waals surface area contributed by atoms with Crippen LogP contribution in [0.1, 0.15) is 13.3 Å². The molecule has 0 aromatic heterocycles. The molecule has 1 fully saturated rings. The van der Waals surface area contributed by atoms with E-state index in [4.69, 9.17) is 10.9 Å². The zero-order valence-electron chi connectivity index (χ0n) is 9.68. The summed E-state index contributed by atoms with van der Waals surface area (Å²) >= 11 is 0. The minimum Gasteiger partial charge on any atom is -0.396 e. The molecule has 1 aliphatic rings. The first-order chi connectivity index (χ1) is 7.89. The van der Waals surface area contributed by atoms with Crippen LogP contribution in [0.2, 0.25) is 0 Å². The van der Waals surface area contributed by atoms with Gasteiger partial charge in [-0.15, -0.1) is 0 Å². The summed E-state index contributed by atoms with van der Waals surface area (Å²) in [6, 6.07) is 4.81. The van der Waals surface area contributed by atoms with Gasteiger partial charge in [0.25, 0.3) is 0 Å². The Kier molecular flexibility index (Phi) is 3.01. The van der Waals surface area contributed by atoms with Crippen molar-refractivity contribution >= 4 is 21.4 Å². The number of hydrogen-bond acceptors (Lipinski definition) is 4. The molecule has 0 heterocycles. The molecule has 2 unspecified atom stereocenters. The summed E-state index contributed by atoms with van der Waals surface area (Å²) < 4.78 is 22.6. The molecule has 94 valence electrons. The Morgan fingerprint density at radius 1 is 1.47 bits per heavy atom. The number of nitrogen functional groups attached to an aromatic ring is 1. The molecule has 0 saturated heterocycles. The summed E-state index contributed by atoms with van der Waals surface area (Å²) in [7, 11) is -3.75. The molecule has 0 radical (unpaired) electrons. The Labute approximate surface area is 101 Å². The lowest BCUT2D eigenvalue weighted by atomic mass is 10.2. The number of primary sulfonamides is 1. The minimum atomic E-state index is -3.75. The fraction of sp³-hybridized carbons (Fsp3) is 0.455. The predicted octanol–water partition coefficient (Wildman–Crippen LogP) is 0.984. The monoisotopic (exact) mass is 255 g/mol. The first-order valence-corrected chi connectivity index (χ1v) is 7.09. The van der Waals surface area contributed by atoms with Crippen molar-refractivity contribution < 1.29 is 8.42 Å². The van der Waals surface area contributed by atoms with Gasteiger partial charge in [0, 0.05) is 6.54 Å². The maximum Gasteiger partial charge on any atom is 0.240 e. The molecular formula is C11H17N3O2S. The summed E-state index contributed by atoms with van der Waals surface area (Å²) in [5, 5.41) is 8.25. The Balaban J connectivity index is 2.17. The number of anilines is 2. The Morgan fingerprint density at radius 3 is 2.65 bits per heavy atom. The molecule has 1 aromatic carbocycles. The Bertz CT molecular complexity index is 528. The average molecular weight is 255 g/mol. The van der Waals surface area contributed by atoms with Gasteiger partial charge in [-0.25, -0.2) is 13.6 Å². The maximum atomic E-state index is 11.3. The second-order valence-corrected chi connectivity index (χ2v) is 6.15. The van der Waals surface area contributed by atoms with Crippen LogP contribution in [0.25, 0.3) is 0 Å². The van der Waals surface area contributed by atoms with E-state index in [-0.39, 0.29) is 10.6 Å². The molecule has 1 aliphatic carbocycles. The van der Waals surface area contributed by atoms with Gasteiger partial charge in [0.2, 0.25) is 10.0 Å². The number of benzene rings is 1. The smallest absolute Gasteiger partial charge is 0.240 e. The van der Waals surface area contributed by atoms with Crippen molar-refractivity contribution in [3.05, 3.63) is 18.2 Å². The van der Waals surface area contributed by atoms with E-state index in [0.29, 0.717) is 11.6 Å². The van der Waals surface area contributed by atoms with E-state index in [1.54, 1.807) is 12.1 Å². The fourth-order valence-electron chi connectivity index (χ4n) is 1.87. The van der Waals surface area contributed by atoms with Gasteiger partial charge in [-0.3, -0.25) is 0 Å². The molecule has 17 heavy (non-hydrogen) atoms. The lowest BCUT2D eigenvalue weighted by molar-refractivity contribution is 0.598. The molecule has 0 aliphatic heterocycles. The van der Waals surface area contributed by atoms with Crippen LogP contribution in [0.15, 0.2) is 23.1 Å². The van der Waals surface area contributed by atoms with Crippen LogP contribution in [0.3, 0.4) is 0 Å². The third kappa shape index (κ3) is 2.70. The maximum absolute atomic E-state index is 11.3. The summed E-state index contributed by atoms with van der Waals surface area (Å²) in [4.78, 5) is -0.0219. The summed E-state index contributed by atoms with van der Waals surface area (Å²) in [6.07, 6.45) is 1.21. The molecule has 5 N–H and O–H groups in total. The molecule has 6 heteroatoms. The van der Waals surface area contributed by atoms with Crippen molar-refractivity contribution in [2.24, 2.45) is 17.0 Å². The van der Waals surface area contributed by atoms with Crippen LogP contribution in [0.4, 0.5) is 11.4 Å². The first-order valence-electron chi connectivity index (χ1n) is 5.54. The molecule has 2 atom stereocenters. The van der Waals surface area contributed by atoms with Gasteiger partial charge in [0.15, 0.2) is 0 Å². The van der Waals surface area contributed by atoms with E-state index in [2.05, 4.69) is 12.2 Å². The van der Waals surface area contributed by atoms with Gasteiger partial charge in [0.05, 0.1) is 11.4 Å². The van der Waals surface area contributed by atoms with E-state index in [1.807, 2.05) is 0 Å². The van der Waals surface area contributed by atoms with Gasteiger partial charge in [-0.05, 0) is 30.4 Å². The second kappa shape index (κ2) is 4.19. The normalized spacial score (nSPS) is 23.4. The van der Waals surface area contributed by atoms with Crippen molar-refractivity contribution in [1.29, 1.82) is 0 Å². The highest BCUT2D eigenvalue weighted by atomic mass is 32.2. The molecule has 1 aromatic rings. The Hall–Kier alpha value is -1.27. The lowest BCUT2D eigenvalue weighted by Crippen LogP contribution is -2.16. The highest BCUT2D eigenvalue weighted by molar-refractivity contribution is 7.89. The van der Waals surface area contributed by atoms with E-state index in [9.17, 15) is 8.42 Å². The van der Waals surface area contributed by atoms with Crippen LogP contribution in [0, 0.1) is 11.8 Å². The molecule has 5 nitrogen and oxygen atoms in total. The van der Waals surface area contributed by atoms with E-state index in [0.717, 1.165) is 12.5 Å². The zero-order chi connectivity index (χ0) is 12.6. The number of rotatable bonds is 4. The van der Waals surface area contributed by atoms with Crippen LogP contribution in [-0.4, -0.2) is 15.0 Å². The van der Waals surface area contributed by atoms with Gasteiger partial charge in [0.1, 0.15) is 4.90 Å². The highest BCUT2D eigenvalue weighted by Gasteiger charge is 2.32. The van der Waals surface area contributed by atoms with Gasteiger partial charge in [-0.1, -0.05) is 13.0 Å². The van der Waals surface area contributed by atoms with Crippen molar-refractivity contribution in [2.45, 2.75) is 18.2 Å². The van der Waals surface area contributed by atoms with Crippen molar-refractivity contribution in [2.75, 3.05) is 17.6 Å². The quantitative estimate of drug-likeness (QED) is 0.698. The fourth-order valence-corrected chi connectivity index (χ4v) is 2.56. The summed E-state index contributed by atoms with van der Waals surface area (Å²) in [5.74, 6) is 1.40. The van der Waals surface area contributed by atoms with E-state index < -0.39 is 10.0 Å². The van der Waals surface area contributed by atoms with E-state index >= 15 is 0 Å². The molecular weight excluding hydrogens is 238 g/mol. The van der Waals surface area contributed by atoms with Crippen LogP contribution in [-0.2, 0) is 10.0 Å². The summed E-state index contributed by atoms with van der Waals surface area (Å²) in [5.41, 5.74) is 6.62. The number of sulfonamides is 1. The number of hydrogen-bond donors (Lipinski definition) is 3. The highest BCUT2D eigenvalue weighted by Crippen LogP contribution is 2.38. The minimum absolute atomic E-state index is 0.0219. The van der Waals surface area contributed by atoms with Crippen molar-refractivity contribution in [3.8, 4) is 0 Å². The zero-order valence-corrected chi connectivity index (χ0v) is 10.5. The molecule has 0 amide bonds. The standard InChI is InChI=1S/C11H17N3O2S/c1-7-5-8(7)6-14-9-3-2-4-10(11(9)12)17(13,15)16/h2-4,7-8,14H,5-6,12H2,1H3,(H2,13,15,16). The van der Waals surface area contributed by atoms with Crippen LogP contribution in [0.5, 0.6) is 0 Å². The average Bonchev–Trinajstić information content (AvgIpc) is 2.91. The molecule has 2 rings (SSSR count). The van der Waals surface area contributed by atoms with Crippen molar-refractivity contribution in [3.63, 3.8) is 0 Å². The molecule has 0 bridgehead atoms. The third-order valence-electron chi connectivity index (χ3n) is 3.20. The SMILES string of the molecule is CC1CC1CNc1cccc(S(N)(=O)=O)c1N. The lowest BCUT2D eigenvalue weighted by Gasteiger charge is -2.11. The van der Waals surface area contributed by atoms with Gasteiger partial charge >= 0.3 is 0 Å². The van der Waals surface area contributed by atoms with E-state index in [1.165, 1.54) is 12.5 Å². The first kappa shape index (κ1) is 12.2. The summed E-state index contributed by atoms with van der Waals surface area (Å²) in [6.45, 7) is 3.01. The van der Waals surface area contributed by atoms with Gasteiger partial charge in [-0.2, -0.15) is 0 Å². The van der Waals surface area contributed by atoms with Gasteiger partial charge < -0.3 is 11.1 Å². The largest absolute Gasteiger partial charge is 0.396 e. The van der Waals surface area contributed by atoms with Crippen LogP contribution >= 0.6 is 0 Å². The number of nitrogens with one attached hydrogen (secondary N) is 1. The second-order valence-electron chi connectivity index (χ2n) is 4.62. The van der Waals surface area contributed by atoms with Crippen molar-refractivity contribution in [1.82, 2.24) is 0 Å². The predicted molar refractivity (Wildman–Crippen MR) is 68.0 cm³/mol. The Morgan fingerprint density at radius 2 is 2.12 bits per heavy atom. The number of para-hydroxylation sites is 1. The molecule has 1 saturated carbocycles. The topological polar surface area (TPSA) is 98.2 Å². The number of nitrogens with two attached hydrogens (primary N) is 2.